The van der Waals surface area contributed by atoms with E-state index in [1.54, 1.807) is 23.7 Å². The molecule has 3 rings (SSSR count). The Bertz CT molecular complexity index is 1040. The van der Waals surface area contributed by atoms with Gasteiger partial charge in [0.05, 0.1) is 11.1 Å². The third-order valence-corrected chi connectivity index (χ3v) is 8.68. The quantitative estimate of drug-likeness (QED) is 0.356. The molecule has 2 aromatic rings. The Morgan fingerprint density at radius 1 is 1.35 bits per heavy atom. The van der Waals surface area contributed by atoms with Crippen molar-refractivity contribution in [1.82, 2.24) is 14.7 Å². The van der Waals surface area contributed by atoms with E-state index in [4.69, 9.17) is 11.6 Å². The zero-order valence-electron chi connectivity index (χ0n) is 16.7. The van der Waals surface area contributed by atoms with Crippen LogP contribution in [0, 0.1) is 0 Å². The summed E-state index contributed by atoms with van der Waals surface area (Å²) in [5.74, 6) is 0.884. The van der Waals surface area contributed by atoms with Gasteiger partial charge in [-0.3, -0.25) is 0 Å². The largest absolute Gasteiger partial charge is 0.394 e. The molecule has 1 unspecified atom stereocenters. The molecule has 0 saturated heterocycles. The van der Waals surface area contributed by atoms with Crippen molar-refractivity contribution < 1.29 is 13.5 Å². The number of aliphatic hydroxyl groups is 1. The molecule has 8 nitrogen and oxygen atoms in total. The fraction of sp³-hybridized carbons (Fsp3) is 0.368. The highest BCUT2D eigenvalue weighted by Gasteiger charge is 2.30. The zero-order valence-corrected chi connectivity index (χ0v) is 20.7. The van der Waals surface area contributed by atoms with E-state index < -0.39 is 14.6 Å². The molecule has 0 bridgehead atoms. The molecule has 1 aromatic heterocycles. The molecule has 2 heterocycles. The van der Waals surface area contributed by atoms with Crippen molar-refractivity contribution in [2.75, 3.05) is 23.8 Å². The van der Waals surface area contributed by atoms with Crippen LogP contribution in [0.2, 0.25) is 5.02 Å². The van der Waals surface area contributed by atoms with Crippen molar-refractivity contribution in [2.45, 2.75) is 30.4 Å². The van der Waals surface area contributed by atoms with Crippen molar-refractivity contribution in [3.8, 4) is 0 Å². The lowest BCUT2D eigenvalue weighted by atomic mass is 10.2. The number of benzene rings is 1. The van der Waals surface area contributed by atoms with Crippen molar-refractivity contribution in [2.24, 2.45) is 0 Å². The van der Waals surface area contributed by atoms with E-state index in [9.17, 15) is 13.5 Å². The topological polar surface area (TPSA) is 116 Å². The number of rotatable bonds is 10. The molecule has 12 heteroatoms. The molecule has 1 aliphatic heterocycles. The van der Waals surface area contributed by atoms with Crippen LogP contribution in [0.4, 0.5) is 11.8 Å². The molecular weight excluding hydrogens is 526 g/mol. The number of hydrogen-bond donors (Lipinski definition) is 4. The Kier molecular flexibility index (Phi) is 8.59. The van der Waals surface area contributed by atoms with Gasteiger partial charge in [0.25, 0.3) is 0 Å². The van der Waals surface area contributed by atoms with Crippen LogP contribution in [0.25, 0.3) is 0 Å². The lowest BCUT2D eigenvalue weighted by Gasteiger charge is -2.15. The molecular formula is C19H23BrClN5O3S2. The minimum Gasteiger partial charge on any atom is -0.394 e. The van der Waals surface area contributed by atoms with Gasteiger partial charge in [0, 0.05) is 35.9 Å². The van der Waals surface area contributed by atoms with E-state index >= 15 is 0 Å². The van der Waals surface area contributed by atoms with Gasteiger partial charge >= 0.3 is 0 Å². The van der Waals surface area contributed by atoms with E-state index in [0.717, 1.165) is 11.3 Å². The third kappa shape index (κ3) is 7.06. The normalized spacial score (nSPS) is 17.3. The number of nitrogens with one attached hydrogen (secondary N) is 3. The van der Waals surface area contributed by atoms with Crippen LogP contribution < -0.4 is 15.4 Å². The van der Waals surface area contributed by atoms with E-state index in [2.05, 4.69) is 41.3 Å². The maximum absolute atomic E-state index is 12.6. The van der Waals surface area contributed by atoms with Crippen molar-refractivity contribution >= 4 is 61.1 Å². The Balaban J connectivity index is 1.53. The number of nitrogens with zero attached hydrogens (tertiary/aromatic N) is 2. The van der Waals surface area contributed by atoms with Gasteiger partial charge in [0.15, 0.2) is 0 Å². The lowest BCUT2D eigenvalue weighted by Crippen LogP contribution is -2.33. The highest BCUT2D eigenvalue weighted by Crippen LogP contribution is 2.33. The maximum atomic E-state index is 12.6. The smallest absolute Gasteiger partial charge is 0.228 e. The van der Waals surface area contributed by atoms with Gasteiger partial charge in [-0.1, -0.05) is 23.7 Å². The Hall–Kier alpha value is -1.37. The fourth-order valence-electron chi connectivity index (χ4n) is 2.73. The summed E-state index contributed by atoms with van der Waals surface area (Å²) in [6.07, 6.45) is 2.49. The molecule has 0 radical (unpaired) electrons. The Labute approximate surface area is 199 Å². The molecule has 0 amide bonds. The van der Waals surface area contributed by atoms with Crippen LogP contribution in [0.3, 0.4) is 0 Å². The summed E-state index contributed by atoms with van der Waals surface area (Å²) in [6.45, 7) is 2.11. The van der Waals surface area contributed by atoms with Crippen LogP contribution in [-0.2, 0) is 16.4 Å². The SMILES string of the molecule is C[C@H](CO)Nc1nc(NC2=CSC(S(=O)(=O)NCCc3ccc(Cl)cc3)C2)ncc1Br. The Morgan fingerprint density at radius 2 is 2.10 bits per heavy atom. The van der Waals surface area contributed by atoms with Crippen LogP contribution in [0.5, 0.6) is 0 Å². The minimum atomic E-state index is -3.49. The average molecular weight is 549 g/mol. The first kappa shape index (κ1) is 24.3. The highest BCUT2D eigenvalue weighted by atomic mass is 79.9. The first-order valence-corrected chi connectivity index (χ1v) is 13.2. The van der Waals surface area contributed by atoms with Crippen LogP contribution >= 0.6 is 39.3 Å². The summed E-state index contributed by atoms with van der Waals surface area (Å²) in [5, 5.41) is 17.8. The van der Waals surface area contributed by atoms with Crippen LogP contribution in [-0.4, -0.2) is 47.3 Å². The lowest BCUT2D eigenvalue weighted by molar-refractivity contribution is 0.281. The highest BCUT2D eigenvalue weighted by molar-refractivity contribution is 9.10. The average Bonchev–Trinajstić information content (AvgIpc) is 3.21. The molecule has 0 aliphatic carbocycles. The summed E-state index contributed by atoms with van der Waals surface area (Å²) < 4.78 is 28.0. The molecule has 1 aromatic carbocycles. The van der Waals surface area contributed by atoms with E-state index in [-0.39, 0.29) is 12.6 Å². The number of sulfonamides is 1. The van der Waals surface area contributed by atoms with Crippen LogP contribution in [0.1, 0.15) is 18.9 Å². The second kappa shape index (κ2) is 11.0. The standard InChI is InChI=1S/C19H23BrClN5O3S2/c1-12(10-27)24-18-16(20)9-22-19(26-18)25-15-8-17(30-11-15)31(28,29)23-7-6-13-2-4-14(21)5-3-13/h2-5,9,11-12,17,23,27H,6-8,10H2,1H3,(H2,22,24,25,26)/t12-,17?/m1/s1. The summed E-state index contributed by atoms with van der Waals surface area (Å²) in [4.78, 5) is 8.60. The molecule has 168 valence electrons. The van der Waals surface area contributed by atoms with Gasteiger partial charge in [0.2, 0.25) is 16.0 Å². The van der Waals surface area contributed by atoms with E-state index in [1.165, 1.54) is 11.8 Å². The summed E-state index contributed by atoms with van der Waals surface area (Å²) in [7, 11) is -3.49. The number of thioether (sulfide) groups is 1. The molecule has 31 heavy (non-hydrogen) atoms. The molecule has 4 N–H and O–H groups in total. The van der Waals surface area contributed by atoms with Crippen LogP contribution in [0.15, 0.2) is 46.0 Å². The van der Waals surface area contributed by atoms with Gasteiger partial charge in [-0.25, -0.2) is 18.1 Å². The number of allylic oxidation sites excluding steroid dienone is 1. The number of anilines is 2. The van der Waals surface area contributed by atoms with Gasteiger partial charge < -0.3 is 15.7 Å². The van der Waals surface area contributed by atoms with E-state index in [0.29, 0.717) is 40.6 Å². The second-order valence-corrected chi connectivity index (χ2v) is 11.6. The monoisotopic (exact) mass is 547 g/mol. The van der Waals surface area contributed by atoms with Gasteiger partial charge in [0.1, 0.15) is 10.4 Å². The fourth-order valence-corrected chi connectivity index (χ4v) is 5.84. The summed E-state index contributed by atoms with van der Waals surface area (Å²) in [6, 6.07) is 7.17. The number of hydrogen-bond acceptors (Lipinski definition) is 8. The number of halogens is 2. The molecule has 0 spiro atoms. The van der Waals surface area contributed by atoms with Crippen molar-refractivity contribution in [3.63, 3.8) is 0 Å². The first-order valence-electron chi connectivity index (χ1n) is 9.51. The van der Waals surface area contributed by atoms with E-state index in [1.807, 2.05) is 19.1 Å². The van der Waals surface area contributed by atoms with Crippen molar-refractivity contribution in [3.05, 3.63) is 56.6 Å². The second-order valence-electron chi connectivity index (χ2n) is 6.97. The Morgan fingerprint density at radius 3 is 2.81 bits per heavy atom. The molecule has 1 aliphatic rings. The van der Waals surface area contributed by atoms with Gasteiger partial charge in [-0.05, 0) is 52.4 Å². The molecule has 0 saturated carbocycles. The first-order chi connectivity index (χ1) is 14.8. The summed E-state index contributed by atoms with van der Waals surface area (Å²) >= 11 is 10.5. The predicted octanol–water partition coefficient (Wildman–Crippen LogP) is 3.56. The number of aliphatic hydroxyl groups excluding tert-OH is 1. The molecule has 0 fully saturated rings. The summed E-state index contributed by atoms with van der Waals surface area (Å²) in [5.41, 5.74) is 1.74. The predicted molar refractivity (Wildman–Crippen MR) is 130 cm³/mol. The van der Waals surface area contributed by atoms with Gasteiger partial charge in [-0.2, -0.15) is 4.98 Å². The molecule has 2 atom stereocenters. The zero-order chi connectivity index (χ0) is 22.4. The third-order valence-electron chi connectivity index (χ3n) is 4.40. The number of aromatic nitrogens is 2. The van der Waals surface area contributed by atoms with Gasteiger partial charge in [-0.15, -0.1) is 11.8 Å². The maximum Gasteiger partial charge on any atom is 0.228 e. The minimum absolute atomic E-state index is 0.0362. The van der Waals surface area contributed by atoms with Crippen molar-refractivity contribution in [1.29, 1.82) is 0 Å².